The molecule has 4 heteroatoms. The molecular formula is C23H30N2OS. The first-order valence-corrected chi connectivity index (χ1v) is 11.0. The second kappa shape index (κ2) is 10.5. The van der Waals surface area contributed by atoms with E-state index in [1.54, 1.807) is 11.8 Å². The predicted molar refractivity (Wildman–Crippen MR) is 115 cm³/mol. The molecule has 2 aromatic rings. The number of thioether (sulfide) groups is 1. The summed E-state index contributed by atoms with van der Waals surface area (Å²) in [6.07, 6.45) is 4.00. The zero-order valence-electron chi connectivity index (χ0n) is 16.2. The molecule has 1 aliphatic rings. The topological polar surface area (TPSA) is 32.3 Å². The minimum absolute atomic E-state index is 0.105. The molecule has 1 amide bonds. The minimum Gasteiger partial charge on any atom is -0.351 e. The fourth-order valence-corrected chi connectivity index (χ4v) is 4.23. The van der Waals surface area contributed by atoms with Crippen LogP contribution in [-0.2, 0) is 23.6 Å². The summed E-state index contributed by atoms with van der Waals surface area (Å²) in [7, 11) is 0. The number of benzene rings is 2. The van der Waals surface area contributed by atoms with Crippen LogP contribution in [0.15, 0.2) is 48.5 Å². The van der Waals surface area contributed by atoms with E-state index >= 15 is 0 Å². The molecule has 27 heavy (non-hydrogen) atoms. The number of aryl methyl sites for hydroxylation is 1. The van der Waals surface area contributed by atoms with Gasteiger partial charge in [0, 0.05) is 18.8 Å². The van der Waals surface area contributed by atoms with Crippen LogP contribution < -0.4 is 5.32 Å². The Morgan fingerprint density at radius 1 is 1.00 bits per heavy atom. The molecule has 0 radical (unpaired) electrons. The van der Waals surface area contributed by atoms with Crippen molar-refractivity contribution in [3.8, 4) is 0 Å². The fraction of sp³-hybridized carbons (Fsp3) is 0.435. The fourth-order valence-electron chi connectivity index (χ4n) is 3.41. The van der Waals surface area contributed by atoms with Crippen LogP contribution >= 0.6 is 11.8 Å². The van der Waals surface area contributed by atoms with Gasteiger partial charge in [-0.05, 0) is 49.5 Å². The van der Waals surface area contributed by atoms with Crippen molar-refractivity contribution >= 4 is 17.7 Å². The predicted octanol–water partition coefficient (Wildman–Crippen LogP) is 4.53. The number of likely N-dealkylation sites (tertiary alicyclic amines) is 1. The van der Waals surface area contributed by atoms with Gasteiger partial charge in [0.15, 0.2) is 0 Å². The van der Waals surface area contributed by atoms with Crippen LogP contribution in [0.1, 0.15) is 41.5 Å². The molecule has 3 nitrogen and oxygen atoms in total. The number of amides is 1. The number of carbonyl (C=O) groups excluding carboxylic acids is 1. The Bertz CT molecular complexity index is 723. The lowest BCUT2D eigenvalue weighted by atomic mass is 10.1. The molecule has 0 atom stereocenters. The van der Waals surface area contributed by atoms with Gasteiger partial charge in [0.25, 0.3) is 0 Å². The third-order valence-corrected chi connectivity index (χ3v) is 5.96. The molecular weight excluding hydrogens is 352 g/mol. The van der Waals surface area contributed by atoms with Gasteiger partial charge in [-0.2, -0.15) is 0 Å². The minimum atomic E-state index is 0.105. The molecule has 0 unspecified atom stereocenters. The summed E-state index contributed by atoms with van der Waals surface area (Å²) >= 11 is 1.66. The van der Waals surface area contributed by atoms with Crippen LogP contribution in [0.5, 0.6) is 0 Å². The quantitative estimate of drug-likeness (QED) is 0.728. The average molecular weight is 383 g/mol. The lowest BCUT2D eigenvalue weighted by Gasteiger charge is -2.26. The first-order valence-electron chi connectivity index (χ1n) is 9.89. The maximum atomic E-state index is 12.1. The highest BCUT2D eigenvalue weighted by Gasteiger charge is 2.10. The SMILES string of the molecule is Cc1ccc(CSCC(=O)NCc2cccc(CN3CCCCC3)c2)cc1. The van der Waals surface area contributed by atoms with E-state index < -0.39 is 0 Å². The van der Waals surface area contributed by atoms with Crippen molar-refractivity contribution in [1.82, 2.24) is 10.2 Å². The van der Waals surface area contributed by atoms with Crippen LogP contribution in [0.25, 0.3) is 0 Å². The second-order valence-electron chi connectivity index (χ2n) is 7.41. The maximum absolute atomic E-state index is 12.1. The van der Waals surface area contributed by atoms with Crippen LogP contribution in [-0.4, -0.2) is 29.6 Å². The highest BCUT2D eigenvalue weighted by molar-refractivity contribution is 7.99. The van der Waals surface area contributed by atoms with E-state index in [-0.39, 0.29) is 5.91 Å². The number of rotatable bonds is 8. The van der Waals surface area contributed by atoms with Gasteiger partial charge in [-0.15, -0.1) is 11.8 Å². The summed E-state index contributed by atoms with van der Waals surface area (Å²) in [5, 5.41) is 3.05. The monoisotopic (exact) mass is 382 g/mol. The van der Waals surface area contributed by atoms with Gasteiger partial charge in [0.2, 0.25) is 5.91 Å². The van der Waals surface area contributed by atoms with Gasteiger partial charge >= 0.3 is 0 Å². The molecule has 144 valence electrons. The number of carbonyl (C=O) groups is 1. The van der Waals surface area contributed by atoms with Crippen LogP contribution in [0, 0.1) is 6.92 Å². The van der Waals surface area contributed by atoms with Crippen LogP contribution in [0.4, 0.5) is 0 Å². The number of nitrogens with one attached hydrogen (secondary N) is 1. The number of piperidine rings is 1. The third-order valence-electron chi connectivity index (χ3n) is 4.96. The van der Waals surface area contributed by atoms with E-state index in [2.05, 4.69) is 65.7 Å². The van der Waals surface area contributed by atoms with Gasteiger partial charge in [-0.25, -0.2) is 0 Å². The molecule has 3 rings (SSSR count). The number of hydrogen-bond acceptors (Lipinski definition) is 3. The Kier molecular flexibility index (Phi) is 7.79. The van der Waals surface area contributed by atoms with Crippen molar-refractivity contribution in [2.24, 2.45) is 0 Å². The highest BCUT2D eigenvalue weighted by atomic mass is 32.2. The Labute approximate surface area is 167 Å². The standard InChI is InChI=1S/C23H30N2OS/c1-19-8-10-20(11-9-19)17-27-18-23(26)24-15-21-6-5-7-22(14-21)16-25-12-3-2-4-13-25/h5-11,14H,2-4,12-13,15-18H2,1H3,(H,24,26). The molecule has 0 bridgehead atoms. The van der Waals surface area contributed by atoms with Crippen molar-refractivity contribution < 1.29 is 4.79 Å². The van der Waals surface area contributed by atoms with Crippen molar-refractivity contribution in [2.45, 2.75) is 45.0 Å². The molecule has 0 spiro atoms. The molecule has 1 aliphatic heterocycles. The van der Waals surface area contributed by atoms with Crippen molar-refractivity contribution in [2.75, 3.05) is 18.8 Å². The van der Waals surface area contributed by atoms with E-state index in [1.165, 1.54) is 54.6 Å². The van der Waals surface area contributed by atoms with Crippen LogP contribution in [0.3, 0.4) is 0 Å². The summed E-state index contributed by atoms with van der Waals surface area (Å²) < 4.78 is 0. The first kappa shape index (κ1) is 20.0. The lowest BCUT2D eigenvalue weighted by Crippen LogP contribution is -2.29. The van der Waals surface area contributed by atoms with E-state index in [4.69, 9.17) is 0 Å². The summed E-state index contributed by atoms with van der Waals surface area (Å²) in [6, 6.07) is 17.1. The summed E-state index contributed by atoms with van der Waals surface area (Å²) in [4.78, 5) is 14.7. The average Bonchev–Trinajstić information content (AvgIpc) is 2.69. The molecule has 2 aromatic carbocycles. The third kappa shape index (κ3) is 7.04. The normalized spacial score (nSPS) is 14.9. The van der Waals surface area contributed by atoms with Crippen molar-refractivity contribution in [1.29, 1.82) is 0 Å². The largest absolute Gasteiger partial charge is 0.351 e. The Balaban J connectivity index is 1.39. The second-order valence-corrected chi connectivity index (χ2v) is 8.40. The molecule has 0 aromatic heterocycles. The van der Waals surface area contributed by atoms with Gasteiger partial charge in [0.1, 0.15) is 0 Å². The van der Waals surface area contributed by atoms with Gasteiger partial charge in [-0.3, -0.25) is 9.69 Å². The smallest absolute Gasteiger partial charge is 0.230 e. The number of hydrogen-bond donors (Lipinski definition) is 1. The van der Waals surface area contributed by atoms with E-state index in [1.807, 2.05) is 0 Å². The summed E-state index contributed by atoms with van der Waals surface area (Å²) in [5.74, 6) is 1.48. The van der Waals surface area contributed by atoms with Gasteiger partial charge in [-0.1, -0.05) is 60.5 Å². The Morgan fingerprint density at radius 3 is 2.52 bits per heavy atom. The van der Waals surface area contributed by atoms with E-state index in [9.17, 15) is 4.79 Å². The van der Waals surface area contributed by atoms with Crippen LogP contribution in [0.2, 0.25) is 0 Å². The van der Waals surface area contributed by atoms with Crippen molar-refractivity contribution in [3.05, 3.63) is 70.8 Å². The van der Waals surface area contributed by atoms with E-state index in [0.29, 0.717) is 12.3 Å². The molecule has 1 fully saturated rings. The van der Waals surface area contributed by atoms with Crippen molar-refractivity contribution in [3.63, 3.8) is 0 Å². The Morgan fingerprint density at radius 2 is 1.74 bits per heavy atom. The van der Waals surface area contributed by atoms with E-state index in [0.717, 1.165) is 12.3 Å². The molecule has 1 heterocycles. The van der Waals surface area contributed by atoms with Gasteiger partial charge in [0.05, 0.1) is 5.75 Å². The number of nitrogens with zero attached hydrogens (tertiary/aromatic N) is 1. The highest BCUT2D eigenvalue weighted by Crippen LogP contribution is 2.15. The maximum Gasteiger partial charge on any atom is 0.230 e. The Hall–Kier alpha value is -1.78. The summed E-state index contributed by atoms with van der Waals surface area (Å²) in [5.41, 5.74) is 5.06. The molecule has 0 aliphatic carbocycles. The zero-order valence-corrected chi connectivity index (χ0v) is 17.1. The molecule has 1 saturated heterocycles. The summed E-state index contributed by atoms with van der Waals surface area (Å²) in [6.45, 7) is 6.14. The first-order chi connectivity index (χ1) is 13.2. The molecule has 0 saturated carbocycles. The lowest BCUT2D eigenvalue weighted by molar-refractivity contribution is -0.118. The van der Waals surface area contributed by atoms with Gasteiger partial charge < -0.3 is 5.32 Å². The molecule has 1 N–H and O–H groups in total. The zero-order chi connectivity index (χ0) is 18.9.